The van der Waals surface area contributed by atoms with E-state index in [0.717, 1.165) is 19.3 Å². The van der Waals surface area contributed by atoms with Crippen LogP contribution in [0, 0.1) is 17.2 Å². The van der Waals surface area contributed by atoms with Crippen molar-refractivity contribution < 1.29 is 4.79 Å². The van der Waals surface area contributed by atoms with E-state index in [2.05, 4.69) is 21.7 Å². The van der Waals surface area contributed by atoms with Crippen LogP contribution in [0.5, 0.6) is 0 Å². The fraction of sp³-hybridized carbons (Fsp3) is 0.786. The van der Waals surface area contributed by atoms with Gasteiger partial charge in [-0.25, -0.2) is 4.99 Å². The minimum Gasteiger partial charge on any atom is -0.354 e. The molecule has 0 aromatic carbocycles. The van der Waals surface area contributed by atoms with Crippen molar-refractivity contribution in [1.82, 2.24) is 15.5 Å². The largest absolute Gasteiger partial charge is 0.354 e. The van der Waals surface area contributed by atoms with Gasteiger partial charge in [-0.15, -0.1) is 0 Å². The summed E-state index contributed by atoms with van der Waals surface area (Å²) in [6.45, 7) is 4.14. The van der Waals surface area contributed by atoms with Gasteiger partial charge in [-0.05, 0) is 33.1 Å². The van der Waals surface area contributed by atoms with Crippen molar-refractivity contribution in [1.29, 1.82) is 5.26 Å². The molecule has 0 aromatic heterocycles. The number of rotatable bonds is 4. The van der Waals surface area contributed by atoms with Crippen LogP contribution in [-0.4, -0.2) is 49.5 Å². The quantitative estimate of drug-likeness (QED) is 0.586. The van der Waals surface area contributed by atoms with Crippen molar-refractivity contribution in [3.63, 3.8) is 0 Å². The van der Waals surface area contributed by atoms with Gasteiger partial charge in [0.25, 0.3) is 0 Å². The molecule has 0 spiro atoms. The zero-order valence-corrected chi connectivity index (χ0v) is 12.8. The summed E-state index contributed by atoms with van der Waals surface area (Å²) in [4.78, 5) is 17.4. The first-order valence-corrected chi connectivity index (χ1v) is 7.11. The average Bonchev–Trinajstić information content (AvgIpc) is 2.81. The van der Waals surface area contributed by atoms with Crippen molar-refractivity contribution in [2.45, 2.75) is 45.2 Å². The highest BCUT2D eigenvalue weighted by atomic mass is 16.2. The Balaban J connectivity index is 2.66. The lowest BCUT2D eigenvalue weighted by molar-refractivity contribution is -0.127. The van der Waals surface area contributed by atoms with Crippen LogP contribution in [0.15, 0.2) is 4.99 Å². The van der Waals surface area contributed by atoms with Gasteiger partial charge in [0, 0.05) is 26.2 Å². The van der Waals surface area contributed by atoms with Crippen LogP contribution in [0.2, 0.25) is 0 Å². The molecule has 0 radical (unpaired) electrons. The van der Waals surface area contributed by atoms with Crippen LogP contribution in [0.25, 0.3) is 0 Å². The smallest absolute Gasteiger partial charge is 0.243 e. The molecule has 2 unspecified atom stereocenters. The van der Waals surface area contributed by atoms with Crippen molar-refractivity contribution in [3.8, 4) is 6.07 Å². The van der Waals surface area contributed by atoms with E-state index in [1.807, 2.05) is 13.8 Å². The fourth-order valence-electron chi connectivity index (χ4n) is 2.16. The average molecular weight is 279 g/mol. The Bertz CT molecular complexity index is 397. The van der Waals surface area contributed by atoms with E-state index >= 15 is 0 Å². The summed E-state index contributed by atoms with van der Waals surface area (Å²) in [6, 6.07) is 2.68. The van der Waals surface area contributed by atoms with Gasteiger partial charge in [0.15, 0.2) is 5.96 Å². The highest BCUT2D eigenvalue weighted by Crippen LogP contribution is 2.24. The lowest BCUT2D eigenvalue weighted by Gasteiger charge is -2.21. The maximum absolute atomic E-state index is 11.6. The predicted octanol–water partition coefficient (Wildman–Crippen LogP) is 0.710. The predicted molar refractivity (Wildman–Crippen MR) is 79.1 cm³/mol. The second-order valence-electron chi connectivity index (χ2n) is 5.67. The second-order valence-corrected chi connectivity index (χ2v) is 5.67. The summed E-state index contributed by atoms with van der Waals surface area (Å²) in [5.74, 6) is 0.596. The molecule has 0 saturated heterocycles. The highest BCUT2D eigenvalue weighted by molar-refractivity contribution is 5.85. The topological polar surface area (TPSA) is 80.5 Å². The van der Waals surface area contributed by atoms with Crippen molar-refractivity contribution in [2.75, 3.05) is 20.6 Å². The maximum Gasteiger partial charge on any atom is 0.243 e. The van der Waals surface area contributed by atoms with Crippen molar-refractivity contribution in [2.24, 2.45) is 10.9 Å². The number of hydrogen-bond donors (Lipinski definition) is 2. The minimum atomic E-state index is -0.0434. The van der Waals surface area contributed by atoms with E-state index in [-0.39, 0.29) is 30.5 Å². The second kappa shape index (κ2) is 7.73. The molecule has 2 atom stereocenters. The number of amides is 1. The maximum atomic E-state index is 11.6. The molecule has 112 valence electrons. The molecular formula is C14H25N5O. The number of nitrogens with zero attached hydrogens (tertiary/aromatic N) is 3. The molecule has 1 saturated carbocycles. The van der Waals surface area contributed by atoms with Crippen LogP contribution in [0.1, 0.15) is 33.1 Å². The van der Waals surface area contributed by atoms with E-state index in [1.165, 1.54) is 4.90 Å². The van der Waals surface area contributed by atoms with E-state index in [0.29, 0.717) is 5.96 Å². The number of nitriles is 1. The number of aliphatic imine (C=N–C) groups is 1. The van der Waals surface area contributed by atoms with E-state index in [4.69, 9.17) is 5.26 Å². The standard InChI is InChI=1S/C14H25N5O/c1-10(2)17-14(16-9-13(20)19(3)4)18-12-7-5-6-11(12)8-15/h10-12H,5-7,9H2,1-4H3,(H2,16,17,18). The van der Waals surface area contributed by atoms with Gasteiger partial charge in [-0.2, -0.15) is 5.26 Å². The Labute approximate surface area is 121 Å². The van der Waals surface area contributed by atoms with Gasteiger partial charge in [0.05, 0.1) is 12.0 Å². The third kappa shape index (κ3) is 5.08. The van der Waals surface area contributed by atoms with Crippen LogP contribution >= 0.6 is 0 Å². The molecule has 0 aromatic rings. The fourth-order valence-corrected chi connectivity index (χ4v) is 2.16. The van der Waals surface area contributed by atoms with Crippen LogP contribution in [0.4, 0.5) is 0 Å². The molecule has 1 fully saturated rings. The number of guanidine groups is 1. The summed E-state index contributed by atoms with van der Waals surface area (Å²) < 4.78 is 0. The van der Waals surface area contributed by atoms with Gasteiger partial charge in [0.2, 0.25) is 5.91 Å². The molecule has 1 rings (SSSR count). The summed E-state index contributed by atoms with van der Waals surface area (Å²) in [5, 5.41) is 15.6. The van der Waals surface area contributed by atoms with Gasteiger partial charge >= 0.3 is 0 Å². The molecule has 6 heteroatoms. The minimum absolute atomic E-state index is 0.0266. The van der Waals surface area contributed by atoms with E-state index < -0.39 is 0 Å². The molecule has 0 bridgehead atoms. The number of carbonyl (C=O) groups is 1. The molecule has 1 aliphatic rings. The first kappa shape index (κ1) is 16.3. The lowest BCUT2D eigenvalue weighted by atomic mass is 10.1. The van der Waals surface area contributed by atoms with Gasteiger partial charge in [-0.1, -0.05) is 0 Å². The Hall–Kier alpha value is -1.77. The van der Waals surface area contributed by atoms with Crippen LogP contribution < -0.4 is 10.6 Å². The monoisotopic (exact) mass is 279 g/mol. The summed E-state index contributed by atoms with van der Waals surface area (Å²) in [6.07, 6.45) is 2.96. The molecule has 1 amide bonds. The molecule has 1 aliphatic carbocycles. The molecular weight excluding hydrogens is 254 g/mol. The normalized spacial score (nSPS) is 22.5. The van der Waals surface area contributed by atoms with Crippen molar-refractivity contribution in [3.05, 3.63) is 0 Å². The number of carbonyl (C=O) groups excluding carboxylic acids is 1. The molecule has 2 N–H and O–H groups in total. The zero-order valence-electron chi connectivity index (χ0n) is 12.8. The molecule has 20 heavy (non-hydrogen) atoms. The molecule has 0 aliphatic heterocycles. The summed E-state index contributed by atoms with van der Waals surface area (Å²) in [5.41, 5.74) is 0. The van der Waals surface area contributed by atoms with Gasteiger partial charge in [-0.3, -0.25) is 4.79 Å². The van der Waals surface area contributed by atoms with E-state index in [9.17, 15) is 4.79 Å². The van der Waals surface area contributed by atoms with Crippen molar-refractivity contribution >= 4 is 11.9 Å². The summed E-state index contributed by atoms with van der Waals surface area (Å²) >= 11 is 0. The molecule has 0 heterocycles. The first-order valence-electron chi connectivity index (χ1n) is 7.11. The third-order valence-electron chi connectivity index (χ3n) is 3.30. The Morgan fingerprint density at radius 1 is 1.45 bits per heavy atom. The number of nitrogens with one attached hydrogen (secondary N) is 2. The number of hydrogen-bond acceptors (Lipinski definition) is 3. The Morgan fingerprint density at radius 3 is 2.70 bits per heavy atom. The van der Waals surface area contributed by atoms with Crippen LogP contribution in [0.3, 0.4) is 0 Å². The Morgan fingerprint density at radius 2 is 2.15 bits per heavy atom. The van der Waals surface area contributed by atoms with E-state index in [1.54, 1.807) is 14.1 Å². The van der Waals surface area contributed by atoms with Gasteiger partial charge in [0.1, 0.15) is 6.54 Å². The van der Waals surface area contributed by atoms with Crippen LogP contribution in [-0.2, 0) is 4.79 Å². The highest BCUT2D eigenvalue weighted by Gasteiger charge is 2.27. The third-order valence-corrected chi connectivity index (χ3v) is 3.30. The Kier molecular flexibility index (Phi) is 6.29. The first-order chi connectivity index (χ1) is 9.43. The summed E-state index contributed by atoms with van der Waals surface area (Å²) in [7, 11) is 3.42. The number of likely N-dealkylation sites (N-methyl/N-ethyl adjacent to an activating group) is 1. The molecule has 6 nitrogen and oxygen atoms in total. The SMILES string of the molecule is CC(C)NC(=NCC(=O)N(C)C)NC1CCCC1C#N. The lowest BCUT2D eigenvalue weighted by Crippen LogP contribution is -2.47. The zero-order chi connectivity index (χ0) is 15.1. The van der Waals surface area contributed by atoms with Gasteiger partial charge < -0.3 is 15.5 Å².